The van der Waals surface area contributed by atoms with Crippen LogP contribution in [0.2, 0.25) is 0 Å². The van der Waals surface area contributed by atoms with Crippen molar-refractivity contribution in [3.63, 3.8) is 0 Å². The number of amides is 1. The topological polar surface area (TPSA) is 61.2 Å². The summed E-state index contributed by atoms with van der Waals surface area (Å²) in [4.78, 5) is 28.0. The van der Waals surface area contributed by atoms with Crippen molar-refractivity contribution in [1.29, 1.82) is 5.26 Å². The third-order valence-corrected chi connectivity index (χ3v) is 5.88. The highest BCUT2D eigenvalue weighted by molar-refractivity contribution is 6.15. The summed E-state index contributed by atoms with van der Waals surface area (Å²) >= 11 is 0. The molecule has 0 unspecified atom stereocenters. The number of carbonyl (C=O) groups excluding carboxylic acids is 2. The number of likely N-dealkylation sites (tertiary alicyclic amines) is 1. The molecule has 0 saturated carbocycles. The summed E-state index contributed by atoms with van der Waals surface area (Å²) < 4.78 is 0. The molecule has 4 heteroatoms. The molecule has 148 valence electrons. The minimum Gasteiger partial charge on any atom is -0.338 e. The number of nitriles is 1. The lowest BCUT2D eigenvalue weighted by Gasteiger charge is -2.37. The van der Waals surface area contributed by atoms with Crippen LogP contribution < -0.4 is 0 Å². The second-order valence-electron chi connectivity index (χ2n) is 7.59. The lowest BCUT2D eigenvalue weighted by molar-refractivity contribution is 0.0688. The van der Waals surface area contributed by atoms with E-state index in [2.05, 4.69) is 6.07 Å². The van der Waals surface area contributed by atoms with Gasteiger partial charge in [-0.15, -0.1) is 0 Å². The maximum Gasteiger partial charge on any atom is 0.254 e. The predicted molar refractivity (Wildman–Crippen MR) is 115 cm³/mol. The molecule has 0 aliphatic carbocycles. The van der Waals surface area contributed by atoms with E-state index in [1.165, 1.54) is 0 Å². The van der Waals surface area contributed by atoms with Crippen molar-refractivity contribution in [2.45, 2.75) is 18.3 Å². The molecule has 3 aromatic rings. The Bertz CT molecular complexity index is 1090. The van der Waals surface area contributed by atoms with Gasteiger partial charge in [-0.3, -0.25) is 9.59 Å². The summed E-state index contributed by atoms with van der Waals surface area (Å²) in [6.45, 7) is 0.963. The molecule has 4 nitrogen and oxygen atoms in total. The predicted octanol–water partition coefficient (Wildman–Crippen LogP) is 4.62. The van der Waals surface area contributed by atoms with E-state index in [1.807, 2.05) is 48.5 Å². The van der Waals surface area contributed by atoms with Crippen LogP contribution in [-0.2, 0) is 5.41 Å². The Labute approximate surface area is 176 Å². The monoisotopic (exact) mass is 394 g/mol. The first-order valence-electron chi connectivity index (χ1n) is 10.1. The van der Waals surface area contributed by atoms with Crippen molar-refractivity contribution >= 4 is 11.7 Å². The highest BCUT2D eigenvalue weighted by Crippen LogP contribution is 2.35. The molecule has 0 radical (unpaired) electrons. The minimum atomic E-state index is -0.572. The van der Waals surface area contributed by atoms with Gasteiger partial charge in [-0.2, -0.15) is 5.26 Å². The number of piperidine rings is 1. The van der Waals surface area contributed by atoms with E-state index in [1.54, 1.807) is 41.3 Å². The molecule has 30 heavy (non-hydrogen) atoms. The molecule has 0 spiro atoms. The van der Waals surface area contributed by atoms with Crippen molar-refractivity contribution in [2.75, 3.05) is 13.1 Å². The largest absolute Gasteiger partial charge is 0.338 e. The van der Waals surface area contributed by atoms with Crippen LogP contribution in [0.25, 0.3) is 0 Å². The van der Waals surface area contributed by atoms with E-state index in [0.717, 1.165) is 5.56 Å². The second-order valence-corrected chi connectivity index (χ2v) is 7.59. The fraction of sp³-hybridized carbons (Fsp3) is 0.192. The number of hydrogen-bond acceptors (Lipinski definition) is 3. The van der Waals surface area contributed by atoms with Crippen LogP contribution in [0.1, 0.15) is 44.7 Å². The first-order chi connectivity index (χ1) is 14.6. The molecule has 0 N–H and O–H groups in total. The van der Waals surface area contributed by atoms with Gasteiger partial charge in [0, 0.05) is 24.2 Å². The Morgan fingerprint density at radius 3 is 1.90 bits per heavy atom. The Morgan fingerprint density at radius 2 is 1.30 bits per heavy atom. The van der Waals surface area contributed by atoms with Crippen molar-refractivity contribution in [3.05, 3.63) is 107 Å². The zero-order valence-corrected chi connectivity index (χ0v) is 16.6. The molecule has 0 atom stereocenters. The third-order valence-electron chi connectivity index (χ3n) is 5.88. The van der Waals surface area contributed by atoms with E-state index in [4.69, 9.17) is 0 Å². The number of benzene rings is 3. The van der Waals surface area contributed by atoms with Crippen LogP contribution in [0.4, 0.5) is 0 Å². The highest BCUT2D eigenvalue weighted by atomic mass is 16.2. The van der Waals surface area contributed by atoms with E-state index in [0.29, 0.717) is 42.6 Å². The Kier molecular flexibility index (Phi) is 5.45. The molecule has 1 fully saturated rings. The molecule has 1 aliphatic heterocycles. The summed E-state index contributed by atoms with van der Waals surface area (Å²) in [5.74, 6) is -0.318. The zero-order valence-electron chi connectivity index (χ0n) is 16.6. The number of rotatable bonds is 4. The van der Waals surface area contributed by atoms with Crippen molar-refractivity contribution < 1.29 is 9.59 Å². The second kappa shape index (κ2) is 8.34. The smallest absolute Gasteiger partial charge is 0.254 e. The molecule has 1 saturated heterocycles. The molecule has 1 amide bonds. The first-order valence-corrected chi connectivity index (χ1v) is 10.1. The van der Waals surface area contributed by atoms with Gasteiger partial charge < -0.3 is 4.90 Å². The third kappa shape index (κ3) is 3.62. The standard InChI is InChI=1S/C26H22N2O2/c27-19-26(21-11-5-2-6-12-21)15-17-28(18-16-26)25(30)23-14-8-7-13-22(23)24(29)20-9-3-1-4-10-20/h1-14H,15-18H2. The number of hydrogen-bond donors (Lipinski definition) is 0. The summed E-state index contributed by atoms with van der Waals surface area (Å²) in [7, 11) is 0. The molecule has 1 aliphatic rings. The lowest BCUT2D eigenvalue weighted by Crippen LogP contribution is -2.45. The molecule has 0 aromatic heterocycles. The molecule has 0 bridgehead atoms. The first kappa shape index (κ1) is 19.6. The minimum absolute atomic E-state index is 0.158. The van der Waals surface area contributed by atoms with Gasteiger partial charge in [0.05, 0.1) is 17.0 Å². The zero-order chi connectivity index (χ0) is 21.0. The van der Waals surface area contributed by atoms with E-state index in [9.17, 15) is 14.9 Å². The Morgan fingerprint density at radius 1 is 0.767 bits per heavy atom. The van der Waals surface area contributed by atoms with Crippen LogP contribution in [0.15, 0.2) is 84.9 Å². The highest BCUT2D eigenvalue weighted by Gasteiger charge is 2.38. The van der Waals surface area contributed by atoms with Gasteiger partial charge in [0.25, 0.3) is 5.91 Å². The van der Waals surface area contributed by atoms with E-state index >= 15 is 0 Å². The van der Waals surface area contributed by atoms with Gasteiger partial charge >= 0.3 is 0 Å². The van der Waals surface area contributed by atoms with Crippen LogP contribution in [-0.4, -0.2) is 29.7 Å². The average Bonchev–Trinajstić information content (AvgIpc) is 2.84. The van der Waals surface area contributed by atoms with Crippen molar-refractivity contribution in [3.8, 4) is 6.07 Å². The van der Waals surface area contributed by atoms with Gasteiger partial charge in [0.1, 0.15) is 0 Å². The molecule has 1 heterocycles. The van der Waals surface area contributed by atoms with Gasteiger partial charge in [-0.1, -0.05) is 78.9 Å². The summed E-state index contributed by atoms with van der Waals surface area (Å²) in [5, 5.41) is 9.88. The van der Waals surface area contributed by atoms with Crippen LogP contribution in [0.3, 0.4) is 0 Å². The SMILES string of the molecule is N#CC1(c2ccccc2)CCN(C(=O)c2ccccc2C(=O)c2ccccc2)CC1. The maximum absolute atomic E-state index is 13.3. The average molecular weight is 394 g/mol. The van der Waals surface area contributed by atoms with Crippen LogP contribution in [0.5, 0.6) is 0 Å². The summed E-state index contributed by atoms with van der Waals surface area (Å²) in [5.41, 5.74) is 1.81. The summed E-state index contributed by atoms with van der Waals surface area (Å²) in [6, 6.07) is 28.2. The maximum atomic E-state index is 13.3. The van der Waals surface area contributed by atoms with Crippen molar-refractivity contribution in [2.24, 2.45) is 0 Å². The Hall–Kier alpha value is -3.71. The number of ketones is 1. The van der Waals surface area contributed by atoms with Crippen molar-refractivity contribution in [1.82, 2.24) is 4.90 Å². The number of carbonyl (C=O) groups is 2. The molecule has 3 aromatic carbocycles. The molecule has 4 rings (SSSR count). The van der Waals surface area contributed by atoms with Gasteiger partial charge in [0.2, 0.25) is 0 Å². The van der Waals surface area contributed by atoms with Gasteiger partial charge in [-0.25, -0.2) is 0 Å². The quantitative estimate of drug-likeness (QED) is 0.607. The van der Waals surface area contributed by atoms with E-state index < -0.39 is 5.41 Å². The van der Waals surface area contributed by atoms with Gasteiger partial charge in [-0.05, 0) is 24.5 Å². The Balaban J connectivity index is 1.56. The van der Waals surface area contributed by atoms with Crippen LogP contribution >= 0.6 is 0 Å². The molecular formula is C26H22N2O2. The molecular weight excluding hydrogens is 372 g/mol. The fourth-order valence-corrected chi connectivity index (χ4v) is 4.10. The summed E-state index contributed by atoms with van der Waals surface area (Å²) in [6.07, 6.45) is 1.15. The number of nitrogens with zero attached hydrogens (tertiary/aromatic N) is 2. The lowest BCUT2D eigenvalue weighted by atomic mass is 9.74. The normalized spacial score (nSPS) is 15.2. The fourth-order valence-electron chi connectivity index (χ4n) is 4.10. The van der Waals surface area contributed by atoms with Gasteiger partial charge in [0.15, 0.2) is 5.78 Å². The van der Waals surface area contributed by atoms with E-state index in [-0.39, 0.29) is 11.7 Å². The van der Waals surface area contributed by atoms with Crippen LogP contribution in [0, 0.1) is 11.3 Å².